The van der Waals surface area contributed by atoms with Gasteiger partial charge in [0.2, 0.25) is 0 Å². The number of benzene rings is 2. The van der Waals surface area contributed by atoms with Gasteiger partial charge in [-0.25, -0.2) is 0 Å². The molecule has 3 heteroatoms. The summed E-state index contributed by atoms with van der Waals surface area (Å²) in [5.41, 5.74) is 6.00. The molecule has 114 valence electrons. The van der Waals surface area contributed by atoms with Crippen LogP contribution >= 0.6 is 0 Å². The van der Waals surface area contributed by atoms with Crippen LogP contribution in [0.15, 0.2) is 30.3 Å². The molecule has 1 N–H and O–H groups in total. The summed E-state index contributed by atoms with van der Waals surface area (Å²) in [5, 5.41) is 2.86. The minimum atomic E-state index is -0.200. The van der Waals surface area contributed by atoms with Crippen LogP contribution in [0.1, 0.15) is 49.9 Å². The maximum atomic E-state index is 12.4. The van der Waals surface area contributed by atoms with E-state index in [1.54, 1.807) is 6.07 Å². The van der Waals surface area contributed by atoms with Gasteiger partial charge in [0.25, 0.3) is 5.91 Å². The van der Waals surface area contributed by atoms with Gasteiger partial charge in [-0.15, -0.1) is 0 Å². The van der Waals surface area contributed by atoms with Crippen molar-refractivity contribution in [2.75, 3.05) is 5.32 Å². The van der Waals surface area contributed by atoms with Gasteiger partial charge >= 0.3 is 0 Å². The van der Waals surface area contributed by atoms with Gasteiger partial charge in [-0.05, 0) is 81.1 Å². The Kier molecular flexibility index (Phi) is 4.45. The largest absolute Gasteiger partial charge is 0.321 e. The predicted octanol–water partition coefficient (Wildman–Crippen LogP) is 4.38. The number of amides is 1. The maximum absolute atomic E-state index is 12.4. The lowest BCUT2D eigenvalue weighted by molar-refractivity contribution is 0.101. The van der Waals surface area contributed by atoms with Crippen molar-refractivity contribution in [1.82, 2.24) is 0 Å². The van der Waals surface area contributed by atoms with Crippen molar-refractivity contribution in [2.24, 2.45) is 0 Å². The molecule has 2 aromatic carbocycles. The monoisotopic (exact) mass is 295 g/mol. The second kappa shape index (κ2) is 6.14. The molecule has 3 nitrogen and oxygen atoms in total. The Bertz CT molecular complexity index is 760. The lowest BCUT2D eigenvalue weighted by atomic mass is 10.0. The van der Waals surface area contributed by atoms with E-state index in [9.17, 15) is 9.59 Å². The summed E-state index contributed by atoms with van der Waals surface area (Å²) in [6.45, 7) is 9.41. The van der Waals surface area contributed by atoms with E-state index in [0.29, 0.717) is 16.8 Å². The van der Waals surface area contributed by atoms with Crippen molar-refractivity contribution in [1.29, 1.82) is 0 Å². The van der Waals surface area contributed by atoms with E-state index in [0.717, 1.165) is 22.3 Å². The molecule has 0 spiro atoms. The number of rotatable bonds is 3. The van der Waals surface area contributed by atoms with Crippen molar-refractivity contribution in [3.63, 3.8) is 0 Å². The van der Waals surface area contributed by atoms with Crippen LogP contribution in [0.25, 0.3) is 0 Å². The fourth-order valence-electron chi connectivity index (χ4n) is 2.29. The molecule has 2 rings (SSSR count). The summed E-state index contributed by atoms with van der Waals surface area (Å²) in [7, 11) is 0. The van der Waals surface area contributed by atoms with Gasteiger partial charge in [-0.3, -0.25) is 9.59 Å². The molecule has 0 saturated heterocycles. The third-order valence-electron chi connectivity index (χ3n) is 4.03. The Balaban J connectivity index is 2.37. The number of carbonyl (C=O) groups excluding carboxylic acids is 2. The number of nitrogens with one attached hydrogen (secondary N) is 1. The maximum Gasteiger partial charge on any atom is 0.255 e. The van der Waals surface area contributed by atoms with E-state index >= 15 is 0 Å². The molecule has 0 aliphatic rings. The fraction of sp³-hybridized carbons (Fsp3) is 0.263. The number of hydrogen-bond donors (Lipinski definition) is 1. The lowest BCUT2D eigenvalue weighted by Crippen LogP contribution is -2.15. The van der Waals surface area contributed by atoms with E-state index in [1.807, 2.05) is 52.0 Å². The van der Waals surface area contributed by atoms with Crippen molar-refractivity contribution in [2.45, 2.75) is 34.6 Å². The molecule has 0 fully saturated rings. The van der Waals surface area contributed by atoms with E-state index in [1.165, 1.54) is 6.92 Å². The van der Waals surface area contributed by atoms with Gasteiger partial charge in [0, 0.05) is 11.1 Å². The molecule has 0 heterocycles. The minimum absolute atomic E-state index is 0.0570. The Hall–Kier alpha value is -2.42. The second-order valence-electron chi connectivity index (χ2n) is 5.79. The van der Waals surface area contributed by atoms with Crippen molar-refractivity contribution < 1.29 is 9.59 Å². The summed E-state index contributed by atoms with van der Waals surface area (Å²) < 4.78 is 0. The van der Waals surface area contributed by atoms with Crippen molar-refractivity contribution >= 4 is 17.4 Å². The van der Waals surface area contributed by atoms with Gasteiger partial charge in [0.15, 0.2) is 5.78 Å². The van der Waals surface area contributed by atoms with Crippen LogP contribution in [0, 0.1) is 27.7 Å². The molecular formula is C19H21NO2. The average molecular weight is 295 g/mol. The summed E-state index contributed by atoms with van der Waals surface area (Å²) in [6.07, 6.45) is 0. The van der Waals surface area contributed by atoms with E-state index < -0.39 is 0 Å². The van der Waals surface area contributed by atoms with Gasteiger partial charge in [-0.1, -0.05) is 6.07 Å². The molecule has 0 radical (unpaired) electrons. The minimum Gasteiger partial charge on any atom is -0.321 e. The smallest absolute Gasteiger partial charge is 0.255 e. The van der Waals surface area contributed by atoms with Gasteiger partial charge in [0.05, 0.1) is 5.69 Å². The Morgan fingerprint density at radius 2 is 1.41 bits per heavy atom. The van der Waals surface area contributed by atoms with Crippen LogP contribution in [-0.2, 0) is 0 Å². The lowest BCUT2D eigenvalue weighted by Gasteiger charge is -2.13. The summed E-state index contributed by atoms with van der Waals surface area (Å²) in [5.74, 6) is -0.257. The number of Topliss-reactive ketones (excluding diaryl/α,β-unsaturated/α-hetero) is 1. The molecule has 1 amide bonds. The van der Waals surface area contributed by atoms with Crippen molar-refractivity contribution in [3.05, 3.63) is 63.7 Å². The van der Waals surface area contributed by atoms with E-state index in [-0.39, 0.29) is 11.7 Å². The third-order valence-corrected chi connectivity index (χ3v) is 4.03. The highest BCUT2D eigenvalue weighted by Crippen LogP contribution is 2.22. The van der Waals surface area contributed by atoms with Gasteiger partial charge < -0.3 is 5.32 Å². The number of aryl methyl sites for hydroxylation is 4. The number of ketones is 1. The second-order valence-corrected chi connectivity index (χ2v) is 5.79. The van der Waals surface area contributed by atoms with Crippen LogP contribution in [0.3, 0.4) is 0 Å². The van der Waals surface area contributed by atoms with Crippen LogP contribution in [-0.4, -0.2) is 11.7 Å². The molecule has 0 saturated carbocycles. The van der Waals surface area contributed by atoms with Gasteiger partial charge in [0.1, 0.15) is 0 Å². The number of carbonyl (C=O) groups is 2. The first-order valence-electron chi connectivity index (χ1n) is 7.30. The van der Waals surface area contributed by atoms with Crippen molar-refractivity contribution in [3.8, 4) is 0 Å². The molecule has 22 heavy (non-hydrogen) atoms. The molecule has 0 unspecified atom stereocenters. The zero-order chi connectivity index (χ0) is 16.4. The molecule has 0 aliphatic heterocycles. The number of anilines is 1. The first-order chi connectivity index (χ1) is 10.3. The Labute approximate surface area is 131 Å². The SMILES string of the molecule is CC(=O)c1cc(C)c(C)cc1NC(=O)c1ccc(C)c(C)c1. The Morgan fingerprint density at radius 1 is 0.818 bits per heavy atom. The molecule has 2 aromatic rings. The quantitative estimate of drug-likeness (QED) is 0.854. The topological polar surface area (TPSA) is 46.2 Å². The normalized spacial score (nSPS) is 10.4. The molecule has 0 atom stereocenters. The van der Waals surface area contributed by atoms with Crippen LogP contribution in [0.5, 0.6) is 0 Å². The highest BCUT2D eigenvalue weighted by molar-refractivity contribution is 6.09. The summed E-state index contributed by atoms with van der Waals surface area (Å²) >= 11 is 0. The standard InChI is InChI=1S/C19H21NO2/c1-11-6-7-16(8-12(11)2)19(22)20-18-10-14(4)13(3)9-17(18)15(5)21/h6-10H,1-5H3,(H,20,22). The molecular weight excluding hydrogens is 274 g/mol. The van der Waals surface area contributed by atoms with Crippen LogP contribution < -0.4 is 5.32 Å². The number of hydrogen-bond acceptors (Lipinski definition) is 2. The first kappa shape index (κ1) is 16.0. The van der Waals surface area contributed by atoms with E-state index in [4.69, 9.17) is 0 Å². The van der Waals surface area contributed by atoms with Crippen LogP contribution in [0.4, 0.5) is 5.69 Å². The zero-order valence-corrected chi connectivity index (χ0v) is 13.7. The predicted molar refractivity (Wildman–Crippen MR) is 89.8 cm³/mol. The van der Waals surface area contributed by atoms with Gasteiger partial charge in [-0.2, -0.15) is 0 Å². The Morgan fingerprint density at radius 3 is 2.00 bits per heavy atom. The molecule has 0 aliphatic carbocycles. The zero-order valence-electron chi connectivity index (χ0n) is 13.7. The van der Waals surface area contributed by atoms with Crippen LogP contribution in [0.2, 0.25) is 0 Å². The average Bonchev–Trinajstić information content (AvgIpc) is 2.45. The molecule has 0 aromatic heterocycles. The highest BCUT2D eigenvalue weighted by Gasteiger charge is 2.13. The molecule has 0 bridgehead atoms. The summed E-state index contributed by atoms with van der Waals surface area (Å²) in [4.78, 5) is 24.2. The first-order valence-corrected chi connectivity index (χ1v) is 7.30. The summed E-state index contributed by atoms with van der Waals surface area (Å²) in [6, 6.07) is 9.26. The fourth-order valence-corrected chi connectivity index (χ4v) is 2.29. The third kappa shape index (κ3) is 3.25. The van der Waals surface area contributed by atoms with E-state index in [2.05, 4.69) is 5.32 Å². The highest BCUT2D eigenvalue weighted by atomic mass is 16.1.